The molecule has 1 aromatic heterocycles. The first-order valence-electron chi connectivity index (χ1n) is 6.61. The quantitative estimate of drug-likeness (QED) is 0.648. The van der Waals surface area contributed by atoms with Crippen molar-refractivity contribution >= 4 is 17.6 Å². The third-order valence-corrected chi connectivity index (χ3v) is 3.34. The zero-order chi connectivity index (χ0) is 14.4. The molecule has 1 aromatic carbocycles. The van der Waals surface area contributed by atoms with E-state index in [0.717, 1.165) is 17.9 Å². The number of hydrogen-bond acceptors (Lipinski definition) is 5. The molecule has 0 saturated heterocycles. The molecule has 0 saturated carbocycles. The Morgan fingerprint density at radius 1 is 1.25 bits per heavy atom. The number of anilines is 1. The minimum Gasteiger partial charge on any atom is -0.470 e. The Morgan fingerprint density at radius 3 is 2.65 bits per heavy atom. The summed E-state index contributed by atoms with van der Waals surface area (Å²) in [5.41, 5.74) is 1.13. The van der Waals surface area contributed by atoms with Gasteiger partial charge in [0.2, 0.25) is 5.88 Å². The Kier molecular flexibility index (Phi) is 5.24. The van der Waals surface area contributed by atoms with Crippen LogP contribution >= 0.6 is 11.8 Å². The van der Waals surface area contributed by atoms with Crippen molar-refractivity contribution in [2.75, 3.05) is 18.1 Å². The van der Waals surface area contributed by atoms with Crippen LogP contribution in [0, 0.1) is 0 Å². The summed E-state index contributed by atoms with van der Waals surface area (Å²) in [4.78, 5) is 8.77. The van der Waals surface area contributed by atoms with E-state index in [1.54, 1.807) is 0 Å². The summed E-state index contributed by atoms with van der Waals surface area (Å²) < 4.78 is 5.93. The molecule has 4 nitrogen and oxygen atoms in total. The fourth-order valence-electron chi connectivity index (χ4n) is 1.80. The van der Waals surface area contributed by atoms with E-state index in [-0.39, 0.29) is 6.10 Å². The molecule has 1 heterocycles. The molecule has 2 rings (SSSR count). The monoisotopic (exact) mass is 289 g/mol. The van der Waals surface area contributed by atoms with Gasteiger partial charge >= 0.3 is 0 Å². The van der Waals surface area contributed by atoms with Gasteiger partial charge in [-0.2, -0.15) is 4.98 Å². The maximum Gasteiger partial charge on any atom is 0.220 e. The number of rotatable bonds is 6. The fraction of sp³-hybridized carbons (Fsp3) is 0.333. The number of hydrogen-bond donors (Lipinski definition) is 1. The Morgan fingerprint density at radius 2 is 2.00 bits per heavy atom. The van der Waals surface area contributed by atoms with Gasteiger partial charge in [-0.1, -0.05) is 42.1 Å². The second-order valence-corrected chi connectivity index (χ2v) is 5.05. The fourth-order valence-corrected chi connectivity index (χ4v) is 2.17. The van der Waals surface area contributed by atoms with Gasteiger partial charge in [-0.05, 0) is 25.7 Å². The van der Waals surface area contributed by atoms with Crippen molar-refractivity contribution in [2.45, 2.75) is 25.1 Å². The lowest BCUT2D eigenvalue weighted by molar-refractivity contribution is 0.215. The maximum atomic E-state index is 5.93. The second kappa shape index (κ2) is 7.14. The molecule has 0 amide bonds. The van der Waals surface area contributed by atoms with Gasteiger partial charge in [0.25, 0.3) is 0 Å². The van der Waals surface area contributed by atoms with E-state index in [4.69, 9.17) is 4.74 Å². The van der Waals surface area contributed by atoms with Gasteiger partial charge in [0.05, 0.1) is 0 Å². The van der Waals surface area contributed by atoms with Crippen LogP contribution in [-0.2, 0) is 0 Å². The van der Waals surface area contributed by atoms with Gasteiger partial charge in [0, 0.05) is 12.6 Å². The average Bonchev–Trinajstić information content (AvgIpc) is 2.48. The van der Waals surface area contributed by atoms with Gasteiger partial charge < -0.3 is 10.1 Å². The number of nitrogens with one attached hydrogen (secondary N) is 1. The van der Waals surface area contributed by atoms with Crippen molar-refractivity contribution in [3.05, 3.63) is 42.0 Å². The lowest BCUT2D eigenvalue weighted by Gasteiger charge is -2.15. The molecule has 106 valence electrons. The van der Waals surface area contributed by atoms with Crippen molar-refractivity contribution in [1.82, 2.24) is 9.97 Å². The lowest BCUT2D eigenvalue weighted by atomic mass is 10.1. The smallest absolute Gasteiger partial charge is 0.220 e. The molecule has 0 aliphatic heterocycles. The van der Waals surface area contributed by atoms with Crippen LogP contribution in [0.25, 0.3) is 0 Å². The molecule has 0 spiro atoms. The third-order valence-electron chi connectivity index (χ3n) is 2.79. The van der Waals surface area contributed by atoms with Crippen LogP contribution in [0.15, 0.2) is 41.6 Å². The predicted octanol–water partition coefficient (Wildman–Crippen LogP) is 3.77. The Bertz CT molecular complexity index is 548. The largest absolute Gasteiger partial charge is 0.470 e. The van der Waals surface area contributed by atoms with Crippen molar-refractivity contribution in [3.63, 3.8) is 0 Å². The number of ether oxygens (including phenoxy) is 1. The van der Waals surface area contributed by atoms with Crippen LogP contribution in [0.5, 0.6) is 5.88 Å². The molecule has 0 bridgehead atoms. The molecule has 1 unspecified atom stereocenters. The summed E-state index contributed by atoms with van der Waals surface area (Å²) in [6, 6.07) is 11.9. The Labute approximate surface area is 124 Å². The van der Waals surface area contributed by atoms with Gasteiger partial charge in [0.15, 0.2) is 5.16 Å². The second-order valence-electron chi connectivity index (χ2n) is 4.28. The molecule has 1 atom stereocenters. The molecule has 0 aliphatic rings. The normalized spacial score (nSPS) is 11.9. The van der Waals surface area contributed by atoms with Crippen LogP contribution < -0.4 is 10.1 Å². The summed E-state index contributed by atoms with van der Waals surface area (Å²) in [5.74, 6) is 1.39. The Hall–Kier alpha value is -1.75. The molecule has 5 heteroatoms. The standard InChI is InChI=1S/C15H19N3OS/c1-4-16-13-10-14(18-15(17-13)20-3)19-11(2)12-8-6-5-7-9-12/h5-11H,4H2,1-3H3,(H,16,17,18). The molecule has 2 aromatic rings. The van der Waals surface area contributed by atoms with Crippen LogP contribution in [-0.4, -0.2) is 22.8 Å². The highest BCUT2D eigenvalue weighted by Crippen LogP contribution is 2.24. The summed E-state index contributed by atoms with van der Waals surface area (Å²) in [6.45, 7) is 4.87. The van der Waals surface area contributed by atoms with E-state index < -0.39 is 0 Å². The first kappa shape index (κ1) is 14.7. The minimum absolute atomic E-state index is 0.0460. The van der Waals surface area contributed by atoms with E-state index in [1.165, 1.54) is 11.8 Å². The van der Waals surface area contributed by atoms with E-state index in [1.807, 2.05) is 56.5 Å². The number of thioether (sulfide) groups is 1. The molecule has 1 N–H and O–H groups in total. The first-order valence-corrected chi connectivity index (χ1v) is 7.84. The van der Waals surface area contributed by atoms with E-state index in [2.05, 4.69) is 15.3 Å². The highest BCUT2D eigenvalue weighted by atomic mass is 32.2. The van der Waals surface area contributed by atoms with Gasteiger partial charge in [-0.25, -0.2) is 4.98 Å². The van der Waals surface area contributed by atoms with Crippen molar-refractivity contribution in [3.8, 4) is 5.88 Å². The van der Waals surface area contributed by atoms with E-state index in [0.29, 0.717) is 11.0 Å². The van der Waals surface area contributed by atoms with Gasteiger partial charge in [0.1, 0.15) is 11.9 Å². The highest BCUT2D eigenvalue weighted by molar-refractivity contribution is 7.98. The van der Waals surface area contributed by atoms with E-state index in [9.17, 15) is 0 Å². The summed E-state index contributed by atoms with van der Waals surface area (Å²) in [5, 5.41) is 3.90. The topological polar surface area (TPSA) is 47.0 Å². The van der Waals surface area contributed by atoms with Gasteiger partial charge in [-0.3, -0.25) is 0 Å². The Balaban J connectivity index is 2.17. The molecular formula is C15H19N3OS. The van der Waals surface area contributed by atoms with Crippen molar-refractivity contribution < 1.29 is 4.74 Å². The minimum atomic E-state index is -0.0460. The average molecular weight is 289 g/mol. The van der Waals surface area contributed by atoms with Crippen molar-refractivity contribution in [1.29, 1.82) is 0 Å². The molecular weight excluding hydrogens is 270 g/mol. The SMILES string of the molecule is CCNc1cc(OC(C)c2ccccc2)nc(SC)n1. The molecule has 20 heavy (non-hydrogen) atoms. The number of aromatic nitrogens is 2. The number of nitrogens with zero attached hydrogens (tertiary/aromatic N) is 2. The molecule has 0 radical (unpaired) electrons. The highest BCUT2D eigenvalue weighted by Gasteiger charge is 2.10. The van der Waals surface area contributed by atoms with Crippen LogP contribution in [0.4, 0.5) is 5.82 Å². The predicted molar refractivity (Wildman–Crippen MR) is 83.5 cm³/mol. The van der Waals surface area contributed by atoms with Crippen LogP contribution in [0.1, 0.15) is 25.5 Å². The lowest BCUT2D eigenvalue weighted by Crippen LogP contribution is -2.07. The summed E-state index contributed by atoms with van der Waals surface area (Å²) >= 11 is 1.50. The van der Waals surface area contributed by atoms with Crippen LogP contribution in [0.2, 0.25) is 0 Å². The van der Waals surface area contributed by atoms with E-state index >= 15 is 0 Å². The summed E-state index contributed by atoms with van der Waals surface area (Å²) in [7, 11) is 0. The molecule has 0 aliphatic carbocycles. The van der Waals surface area contributed by atoms with Crippen molar-refractivity contribution in [2.24, 2.45) is 0 Å². The zero-order valence-electron chi connectivity index (χ0n) is 12.0. The maximum absolute atomic E-state index is 5.93. The van der Waals surface area contributed by atoms with Gasteiger partial charge in [-0.15, -0.1) is 0 Å². The van der Waals surface area contributed by atoms with Crippen LogP contribution in [0.3, 0.4) is 0 Å². The third kappa shape index (κ3) is 3.87. The zero-order valence-corrected chi connectivity index (χ0v) is 12.8. The number of benzene rings is 1. The summed E-state index contributed by atoms with van der Waals surface area (Å²) in [6.07, 6.45) is 1.91. The first-order chi connectivity index (χ1) is 9.72. The molecule has 0 fully saturated rings.